The van der Waals surface area contributed by atoms with Gasteiger partial charge >= 0.3 is 0 Å². The Balaban J connectivity index is 2.07. The number of hydrogen-bond donors (Lipinski definition) is 0. The van der Waals surface area contributed by atoms with Crippen LogP contribution in [0.5, 0.6) is 0 Å². The zero-order valence-corrected chi connectivity index (χ0v) is 12.5. The minimum atomic E-state index is 0.168. The topological polar surface area (TPSA) is 34.9 Å². The monoisotopic (exact) mass is 274 g/mol. The second kappa shape index (κ2) is 5.61. The molecule has 0 atom stereocenters. The van der Waals surface area contributed by atoms with Crippen molar-refractivity contribution in [2.45, 2.75) is 25.8 Å². The molecule has 0 saturated carbocycles. The van der Waals surface area contributed by atoms with Gasteiger partial charge in [-0.15, -0.1) is 0 Å². The van der Waals surface area contributed by atoms with Gasteiger partial charge in [-0.1, -0.05) is 35.5 Å². The molecule has 1 aromatic carbocycles. The fraction of sp³-hybridized carbons (Fsp3) is 0.333. The number of aryl methyl sites for hydroxylation is 4. The molecule has 0 fully saturated rings. The summed E-state index contributed by atoms with van der Waals surface area (Å²) in [6.45, 7) is 5.98. The lowest BCUT2D eigenvalue weighted by atomic mass is 10.0. The minimum Gasteiger partial charge on any atom is -0.293 e. The van der Waals surface area contributed by atoms with E-state index in [1.165, 1.54) is 17.3 Å². The van der Waals surface area contributed by atoms with Gasteiger partial charge in [-0.2, -0.15) is 5.10 Å². The fourth-order valence-corrected chi connectivity index (χ4v) is 2.98. The largest absolute Gasteiger partial charge is 0.293 e. The first kappa shape index (κ1) is 13.9. The smallest absolute Gasteiger partial charge is 0.173 e. The van der Waals surface area contributed by atoms with Crippen LogP contribution in [0.15, 0.2) is 29.3 Å². The van der Waals surface area contributed by atoms with Gasteiger partial charge in [-0.05, 0) is 32.4 Å². The van der Waals surface area contributed by atoms with Crippen LogP contribution in [0.3, 0.4) is 0 Å². The Bertz CT molecular complexity index is 617. The van der Waals surface area contributed by atoms with Crippen molar-refractivity contribution >= 4 is 17.5 Å². The normalized spacial score (nSPS) is 10.7. The maximum Gasteiger partial charge on any atom is 0.173 e. The third-order valence-corrected chi connectivity index (χ3v) is 4.08. The van der Waals surface area contributed by atoms with Crippen molar-refractivity contribution in [1.29, 1.82) is 0 Å². The molecule has 0 radical (unpaired) electrons. The molecule has 1 heterocycles. The van der Waals surface area contributed by atoms with E-state index in [2.05, 4.69) is 5.10 Å². The van der Waals surface area contributed by atoms with E-state index in [0.717, 1.165) is 21.8 Å². The Morgan fingerprint density at radius 2 is 2.00 bits per heavy atom. The van der Waals surface area contributed by atoms with E-state index in [4.69, 9.17) is 0 Å². The van der Waals surface area contributed by atoms with Gasteiger partial charge in [0.1, 0.15) is 0 Å². The van der Waals surface area contributed by atoms with E-state index in [1.54, 1.807) is 0 Å². The molecular weight excluding hydrogens is 256 g/mol. The van der Waals surface area contributed by atoms with E-state index in [-0.39, 0.29) is 5.78 Å². The highest BCUT2D eigenvalue weighted by atomic mass is 32.2. The number of aromatic nitrogens is 2. The zero-order chi connectivity index (χ0) is 14.0. The SMILES string of the molecule is Cc1ccc(C(=O)CSc2cc(C)nn2C)c(C)c1. The number of benzene rings is 1. The minimum absolute atomic E-state index is 0.168. The number of hydrogen-bond acceptors (Lipinski definition) is 3. The Kier molecular flexibility index (Phi) is 4.10. The van der Waals surface area contributed by atoms with Crippen LogP contribution in [0.2, 0.25) is 0 Å². The average Bonchev–Trinajstić information content (AvgIpc) is 2.65. The van der Waals surface area contributed by atoms with Crippen LogP contribution in [0.1, 0.15) is 27.2 Å². The molecule has 0 saturated heterocycles. The van der Waals surface area contributed by atoms with E-state index >= 15 is 0 Å². The van der Waals surface area contributed by atoms with Crippen LogP contribution in [0, 0.1) is 20.8 Å². The molecule has 0 spiro atoms. The molecule has 0 aliphatic rings. The molecular formula is C15H18N2OS. The number of rotatable bonds is 4. The summed E-state index contributed by atoms with van der Waals surface area (Å²) in [7, 11) is 1.90. The second-order valence-corrected chi connectivity index (χ2v) is 5.77. The molecule has 0 amide bonds. The van der Waals surface area contributed by atoms with Gasteiger partial charge in [0.05, 0.1) is 16.5 Å². The van der Waals surface area contributed by atoms with Gasteiger partial charge in [-0.3, -0.25) is 9.48 Å². The Hall–Kier alpha value is -1.55. The molecule has 19 heavy (non-hydrogen) atoms. The maximum atomic E-state index is 12.2. The summed E-state index contributed by atoms with van der Waals surface area (Å²) in [5.41, 5.74) is 4.02. The third-order valence-electron chi connectivity index (χ3n) is 2.99. The molecule has 0 aliphatic carbocycles. The van der Waals surface area contributed by atoms with E-state index in [0.29, 0.717) is 5.75 Å². The highest BCUT2D eigenvalue weighted by Gasteiger charge is 2.11. The van der Waals surface area contributed by atoms with Crippen molar-refractivity contribution in [1.82, 2.24) is 9.78 Å². The second-order valence-electron chi connectivity index (χ2n) is 4.78. The first-order valence-corrected chi connectivity index (χ1v) is 7.20. The predicted molar refractivity (Wildman–Crippen MR) is 78.9 cm³/mol. The summed E-state index contributed by atoms with van der Waals surface area (Å²) in [6.07, 6.45) is 0. The number of ketones is 1. The molecule has 0 bridgehead atoms. The quantitative estimate of drug-likeness (QED) is 0.633. The maximum absolute atomic E-state index is 12.2. The van der Waals surface area contributed by atoms with Gasteiger partial charge in [-0.25, -0.2) is 0 Å². The Labute approximate surface area is 118 Å². The van der Waals surface area contributed by atoms with Crippen LogP contribution < -0.4 is 0 Å². The highest BCUT2D eigenvalue weighted by molar-refractivity contribution is 7.99. The average molecular weight is 274 g/mol. The molecule has 2 rings (SSSR count). The van der Waals surface area contributed by atoms with Crippen molar-refractivity contribution in [3.05, 3.63) is 46.6 Å². The van der Waals surface area contributed by atoms with Crippen molar-refractivity contribution in [3.8, 4) is 0 Å². The molecule has 3 nitrogen and oxygen atoms in total. The van der Waals surface area contributed by atoms with E-state index < -0.39 is 0 Å². The third kappa shape index (κ3) is 3.26. The fourth-order valence-electron chi connectivity index (χ4n) is 2.07. The predicted octanol–water partition coefficient (Wildman–Crippen LogP) is 3.32. The van der Waals surface area contributed by atoms with Crippen molar-refractivity contribution in [3.63, 3.8) is 0 Å². The summed E-state index contributed by atoms with van der Waals surface area (Å²) in [5.74, 6) is 0.615. The molecule has 100 valence electrons. The molecule has 0 N–H and O–H groups in total. The van der Waals surface area contributed by atoms with Gasteiger partial charge in [0.25, 0.3) is 0 Å². The van der Waals surface area contributed by atoms with Gasteiger partial charge in [0.2, 0.25) is 0 Å². The molecule has 0 unspecified atom stereocenters. The van der Waals surface area contributed by atoms with Crippen LogP contribution in [-0.4, -0.2) is 21.3 Å². The van der Waals surface area contributed by atoms with Crippen LogP contribution in [0.25, 0.3) is 0 Å². The highest BCUT2D eigenvalue weighted by Crippen LogP contribution is 2.21. The van der Waals surface area contributed by atoms with Gasteiger partial charge in [0, 0.05) is 12.6 Å². The van der Waals surface area contributed by atoms with Crippen molar-refractivity contribution in [2.24, 2.45) is 7.05 Å². The first-order chi connectivity index (χ1) is 8.97. The number of thioether (sulfide) groups is 1. The lowest BCUT2D eigenvalue weighted by Gasteiger charge is -2.06. The molecule has 4 heteroatoms. The number of Topliss-reactive ketones (excluding diaryl/α,β-unsaturated/α-hetero) is 1. The number of nitrogens with zero attached hydrogens (tertiary/aromatic N) is 2. The van der Waals surface area contributed by atoms with Crippen LogP contribution in [-0.2, 0) is 7.05 Å². The van der Waals surface area contributed by atoms with Gasteiger partial charge < -0.3 is 0 Å². The van der Waals surface area contributed by atoms with E-state index in [1.807, 2.05) is 56.8 Å². The van der Waals surface area contributed by atoms with Gasteiger partial charge in [0.15, 0.2) is 5.78 Å². The number of carbonyl (C=O) groups excluding carboxylic acids is 1. The van der Waals surface area contributed by atoms with Crippen molar-refractivity contribution in [2.75, 3.05) is 5.75 Å². The summed E-state index contributed by atoms with van der Waals surface area (Å²) in [6, 6.07) is 7.95. The molecule has 1 aromatic heterocycles. The summed E-state index contributed by atoms with van der Waals surface area (Å²) < 4.78 is 1.81. The van der Waals surface area contributed by atoms with Crippen molar-refractivity contribution < 1.29 is 4.79 Å². The van der Waals surface area contributed by atoms with Crippen LogP contribution >= 0.6 is 11.8 Å². The van der Waals surface area contributed by atoms with Crippen LogP contribution in [0.4, 0.5) is 0 Å². The molecule has 2 aromatic rings. The summed E-state index contributed by atoms with van der Waals surface area (Å²) >= 11 is 1.53. The lowest BCUT2D eigenvalue weighted by Crippen LogP contribution is -2.05. The standard InChI is InChI=1S/C15H18N2OS/c1-10-5-6-13(11(2)7-10)14(18)9-19-15-8-12(3)16-17(15)4/h5-8H,9H2,1-4H3. The summed E-state index contributed by atoms with van der Waals surface area (Å²) in [5, 5.41) is 5.30. The Morgan fingerprint density at radius 3 is 2.58 bits per heavy atom. The number of carbonyl (C=O) groups is 1. The Morgan fingerprint density at radius 1 is 1.26 bits per heavy atom. The molecule has 0 aliphatic heterocycles. The van der Waals surface area contributed by atoms with E-state index in [9.17, 15) is 4.79 Å². The zero-order valence-electron chi connectivity index (χ0n) is 11.7. The lowest BCUT2D eigenvalue weighted by molar-refractivity contribution is 0.102. The first-order valence-electron chi connectivity index (χ1n) is 6.21. The summed E-state index contributed by atoms with van der Waals surface area (Å²) in [4.78, 5) is 12.2.